The van der Waals surface area contributed by atoms with Crippen LogP contribution in [0.5, 0.6) is 0 Å². The molecular weight excluding hydrogens is 386 g/mol. The van der Waals surface area contributed by atoms with E-state index in [9.17, 15) is 0 Å². The van der Waals surface area contributed by atoms with Gasteiger partial charge < -0.3 is 10.1 Å². The molecule has 1 aromatic carbocycles. The summed E-state index contributed by atoms with van der Waals surface area (Å²) in [5, 5.41) is 3.14. The van der Waals surface area contributed by atoms with Crippen molar-refractivity contribution in [1.82, 2.24) is 9.97 Å². The first kappa shape index (κ1) is 14.0. The number of aromatic nitrogens is 2. The Morgan fingerprint density at radius 1 is 1.20 bits per heavy atom. The molecule has 2 aromatic rings. The largest absolute Gasteiger partial charge is 0.376 e. The predicted octanol–water partition coefficient (Wildman–Crippen LogP) is 3.78. The lowest BCUT2D eigenvalue weighted by Crippen LogP contribution is -2.16. The summed E-state index contributed by atoms with van der Waals surface area (Å²) in [6, 6.07) is 6.02. The quantitative estimate of drug-likeness (QED) is 0.836. The molecule has 0 saturated heterocycles. The molecule has 0 saturated carbocycles. The zero-order valence-corrected chi connectivity index (χ0v) is 14.1. The van der Waals surface area contributed by atoms with E-state index in [1.165, 1.54) is 0 Å². The smallest absolute Gasteiger partial charge is 0.161 e. The summed E-state index contributed by atoms with van der Waals surface area (Å²) >= 11 is 6.99. The summed E-state index contributed by atoms with van der Waals surface area (Å²) in [7, 11) is 1.87. The lowest BCUT2D eigenvalue weighted by Gasteiger charge is -2.19. The highest BCUT2D eigenvalue weighted by Gasteiger charge is 2.18. The fourth-order valence-corrected chi connectivity index (χ4v) is 2.83. The molecule has 3 rings (SSSR count). The molecule has 1 N–H and O–H groups in total. The molecule has 0 fully saturated rings. The maximum atomic E-state index is 5.49. The van der Waals surface area contributed by atoms with E-state index in [1.54, 1.807) is 0 Å². The first-order valence-corrected chi connectivity index (χ1v) is 7.88. The third-order valence-electron chi connectivity index (χ3n) is 3.24. The van der Waals surface area contributed by atoms with Crippen LogP contribution in [-0.2, 0) is 17.8 Å². The van der Waals surface area contributed by atoms with Crippen LogP contribution >= 0.6 is 31.9 Å². The molecule has 0 amide bonds. The molecule has 104 valence electrons. The van der Waals surface area contributed by atoms with E-state index < -0.39 is 0 Å². The van der Waals surface area contributed by atoms with Crippen molar-refractivity contribution in [2.75, 3.05) is 19.0 Å². The van der Waals surface area contributed by atoms with E-state index in [0.29, 0.717) is 6.61 Å². The molecule has 0 unspecified atom stereocenters. The second-order valence-corrected chi connectivity index (χ2v) is 6.21. The Kier molecular flexibility index (Phi) is 4.05. The Hall–Kier alpha value is -0.980. The SMILES string of the molecule is CNc1nc(-c2ccc(Br)c(Br)c2)nc2c1COCC2. The van der Waals surface area contributed by atoms with E-state index in [-0.39, 0.29) is 0 Å². The normalized spacial score (nSPS) is 13.9. The van der Waals surface area contributed by atoms with Gasteiger partial charge in [-0.1, -0.05) is 0 Å². The highest BCUT2D eigenvalue weighted by molar-refractivity contribution is 9.13. The van der Waals surface area contributed by atoms with Crippen molar-refractivity contribution >= 4 is 37.7 Å². The van der Waals surface area contributed by atoms with Crippen molar-refractivity contribution in [3.8, 4) is 11.4 Å². The van der Waals surface area contributed by atoms with Crippen LogP contribution in [0.2, 0.25) is 0 Å². The number of ether oxygens (including phenoxy) is 1. The van der Waals surface area contributed by atoms with Gasteiger partial charge in [-0.2, -0.15) is 0 Å². The number of halogens is 2. The summed E-state index contributed by atoms with van der Waals surface area (Å²) in [6.07, 6.45) is 0.831. The Morgan fingerprint density at radius 2 is 2.05 bits per heavy atom. The van der Waals surface area contributed by atoms with Crippen molar-refractivity contribution in [2.24, 2.45) is 0 Å². The average molecular weight is 399 g/mol. The maximum Gasteiger partial charge on any atom is 0.161 e. The number of fused-ring (bicyclic) bond motifs is 1. The van der Waals surface area contributed by atoms with E-state index in [2.05, 4.69) is 42.2 Å². The predicted molar refractivity (Wildman–Crippen MR) is 85.8 cm³/mol. The van der Waals surface area contributed by atoms with Gasteiger partial charge in [0.15, 0.2) is 5.82 Å². The molecule has 0 aliphatic carbocycles. The summed E-state index contributed by atoms with van der Waals surface area (Å²) in [5.74, 6) is 1.59. The first-order valence-electron chi connectivity index (χ1n) is 6.29. The van der Waals surface area contributed by atoms with Gasteiger partial charge in [-0.15, -0.1) is 0 Å². The number of anilines is 1. The number of nitrogens with zero attached hydrogens (tertiary/aromatic N) is 2. The van der Waals surface area contributed by atoms with Crippen LogP contribution in [0.4, 0.5) is 5.82 Å². The summed E-state index contributed by atoms with van der Waals surface area (Å²) in [5.41, 5.74) is 3.13. The number of hydrogen-bond donors (Lipinski definition) is 1. The van der Waals surface area contributed by atoms with E-state index in [4.69, 9.17) is 9.72 Å². The second-order valence-electron chi connectivity index (χ2n) is 4.50. The van der Waals surface area contributed by atoms with Gasteiger partial charge in [0.05, 0.1) is 18.9 Å². The lowest BCUT2D eigenvalue weighted by atomic mass is 10.1. The van der Waals surface area contributed by atoms with Gasteiger partial charge in [0, 0.05) is 33.5 Å². The maximum absolute atomic E-state index is 5.49. The van der Waals surface area contributed by atoms with Crippen LogP contribution in [0.25, 0.3) is 11.4 Å². The minimum atomic E-state index is 0.579. The first-order chi connectivity index (χ1) is 9.69. The molecular formula is C14H13Br2N3O. The van der Waals surface area contributed by atoms with E-state index in [0.717, 1.165) is 50.4 Å². The molecule has 20 heavy (non-hydrogen) atoms. The second kappa shape index (κ2) is 5.79. The number of rotatable bonds is 2. The summed E-state index contributed by atoms with van der Waals surface area (Å²) in [4.78, 5) is 9.30. The third-order valence-corrected chi connectivity index (χ3v) is 5.12. The van der Waals surface area contributed by atoms with Crippen LogP contribution in [0.3, 0.4) is 0 Å². The van der Waals surface area contributed by atoms with E-state index in [1.807, 2.05) is 25.2 Å². The lowest BCUT2D eigenvalue weighted by molar-refractivity contribution is 0.109. The van der Waals surface area contributed by atoms with Crippen LogP contribution in [0, 0.1) is 0 Å². The fourth-order valence-electron chi connectivity index (χ4n) is 2.20. The van der Waals surface area contributed by atoms with Crippen LogP contribution < -0.4 is 5.32 Å². The van der Waals surface area contributed by atoms with Gasteiger partial charge in [-0.25, -0.2) is 9.97 Å². The highest BCUT2D eigenvalue weighted by atomic mass is 79.9. The Balaban J connectivity index is 2.11. The minimum absolute atomic E-state index is 0.579. The molecule has 0 bridgehead atoms. The summed E-state index contributed by atoms with van der Waals surface area (Å²) in [6.45, 7) is 1.30. The zero-order chi connectivity index (χ0) is 14.1. The van der Waals surface area contributed by atoms with Crippen LogP contribution in [0.15, 0.2) is 27.1 Å². The molecule has 2 heterocycles. The molecule has 1 aromatic heterocycles. The monoisotopic (exact) mass is 397 g/mol. The fraction of sp³-hybridized carbons (Fsp3) is 0.286. The van der Waals surface area contributed by atoms with Crippen molar-refractivity contribution < 1.29 is 4.74 Å². The van der Waals surface area contributed by atoms with Gasteiger partial charge in [0.1, 0.15) is 5.82 Å². The summed E-state index contributed by atoms with van der Waals surface area (Å²) < 4.78 is 7.49. The molecule has 0 atom stereocenters. The molecule has 1 aliphatic rings. The molecule has 4 nitrogen and oxygen atoms in total. The molecule has 1 aliphatic heterocycles. The number of nitrogens with one attached hydrogen (secondary N) is 1. The number of benzene rings is 1. The zero-order valence-electron chi connectivity index (χ0n) is 10.9. The highest BCUT2D eigenvalue weighted by Crippen LogP contribution is 2.30. The Morgan fingerprint density at radius 3 is 2.80 bits per heavy atom. The number of hydrogen-bond acceptors (Lipinski definition) is 4. The van der Waals surface area contributed by atoms with E-state index >= 15 is 0 Å². The van der Waals surface area contributed by atoms with Crippen molar-refractivity contribution in [3.63, 3.8) is 0 Å². The van der Waals surface area contributed by atoms with Crippen molar-refractivity contribution in [3.05, 3.63) is 38.4 Å². The van der Waals surface area contributed by atoms with Crippen LogP contribution in [-0.4, -0.2) is 23.6 Å². The van der Waals surface area contributed by atoms with Gasteiger partial charge in [0.25, 0.3) is 0 Å². The topological polar surface area (TPSA) is 47.0 Å². The van der Waals surface area contributed by atoms with Crippen molar-refractivity contribution in [2.45, 2.75) is 13.0 Å². The van der Waals surface area contributed by atoms with Crippen LogP contribution in [0.1, 0.15) is 11.3 Å². The minimum Gasteiger partial charge on any atom is -0.376 e. The standard InChI is InChI=1S/C14H13Br2N3O/c1-17-14-9-7-20-5-4-12(9)18-13(19-14)8-2-3-10(15)11(16)6-8/h2-3,6H,4-5,7H2,1H3,(H,17,18,19). The molecule has 0 radical (unpaired) electrons. The van der Waals surface area contributed by atoms with Gasteiger partial charge in [0.2, 0.25) is 0 Å². The Labute approximate surface area is 134 Å². The van der Waals surface area contributed by atoms with Crippen molar-refractivity contribution in [1.29, 1.82) is 0 Å². The molecule has 6 heteroatoms. The Bertz CT molecular complexity index is 644. The van der Waals surface area contributed by atoms with Gasteiger partial charge in [-0.3, -0.25) is 0 Å². The average Bonchev–Trinajstić information content (AvgIpc) is 2.49. The molecule has 0 spiro atoms. The third kappa shape index (κ3) is 2.60. The van der Waals surface area contributed by atoms with Gasteiger partial charge in [-0.05, 0) is 50.1 Å². The van der Waals surface area contributed by atoms with Gasteiger partial charge >= 0.3 is 0 Å².